The molecule has 0 aliphatic carbocycles. The van der Waals surface area contributed by atoms with Crippen molar-refractivity contribution >= 4 is 22.4 Å². The summed E-state index contributed by atoms with van der Waals surface area (Å²) in [5, 5.41) is 4.99. The Morgan fingerprint density at radius 3 is 2.65 bits per heavy atom. The normalized spacial score (nSPS) is 11.7. The van der Waals surface area contributed by atoms with Gasteiger partial charge in [0.15, 0.2) is 11.2 Å². The second kappa shape index (κ2) is 7.97. The van der Waals surface area contributed by atoms with Gasteiger partial charge in [-0.2, -0.15) is 0 Å². The van der Waals surface area contributed by atoms with Crippen molar-refractivity contribution in [2.75, 3.05) is 12.4 Å². The molecule has 1 N–H and O–H groups in total. The van der Waals surface area contributed by atoms with Crippen molar-refractivity contribution in [1.82, 2.24) is 4.98 Å². The van der Waals surface area contributed by atoms with Crippen LogP contribution in [0.2, 0.25) is 0 Å². The number of hydrogen-bond acceptors (Lipinski definition) is 5. The van der Waals surface area contributed by atoms with Gasteiger partial charge in [-0.3, -0.25) is 10.1 Å². The van der Waals surface area contributed by atoms with E-state index >= 15 is 0 Å². The number of rotatable bonds is 6. The quantitative estimate of drug-likeness (QED) is 0.698. The second-order valence-electron chi connectivity index (χ2n) is 5.47. The summed E-state index contributed by atoms with van der Waals surface area (Å²) in [6.07, 6.45) is -0.708. The van der Waals surface area contributed by atoms with Crippen LogP contribution < -0.4 is 14.8 Å². The Bertz CT molecular complexity index is 896. The fourth-order valence-corrected chi connectivity index (χ4v) is 2.95. The second-order valence-corrected chi connectivity index (χ2v) is 6.33. The van der Waals surface area contributed by atoms with E-state index in [9.17, 15) is 9.18 Å². The maximum absolute atomic E-state index is 13.0. The van der Waals surface area contributed by atoms with Crippen molar-refractivity contribution in [2.24, 2.45) is 0 Å². The monoisotopic (exact) mass is 372 g/mol. The summed E-state index contributed by atoms with van der Waals surface area (Å²) in [6, 6.07) is 13.1. The van der Waals surface area contributed by atoms with Crippen LogP contribution in [0.25, 0.3) is 11.3 Å². The van der Waals surface area contributed by atoms with Gasteiger partial charge in [0.25, 0.3) is 5.91 Å². The molecule has 7 heteroatoms. The molecule has 0 saturated heterocycles. The van der Waals surface area contributed by atoms with E-state index in [2.05, 4.69) is 10.3 Å². The molecule has 2 aromatic carbocycles. The standard InChI is InChI=1S/C19H17FN2O3S/c1-12(25-16-5-3-4-15(10-16)24-2)18(23)22-19-21-17(11-26-19)13-6-8-14(20)9-7-13/h3-12H,1-2H3,(H,21,22,23). The Labute approximate surface area is 154 Å². The fourth-order valence-electron chi connectivity index (χ4n) is 2.22. The minimum Gasteiger partial charge on any atom is -0.497 e. The zero-order valence-electron chi connectivity index (χ0n) is 14.2. The summed E-state index contributed by atoms with van der Waals surface area (Å²) in [6.45, 7) is 1.66. The molecule has 26 heavy (non-hydrogen) atoms. The topological polar surface area (TPSA) is 60.5 Å². The third-order valence-corrected chi connectivity index (χ3v) is 4.36. The molecule has 0 aliphatic rings. The van der Waals surface area contributed by atoms with Gasteiger partial charge in [-0.05, 0) is 43.3 Å². The Morgan fingerprint density at radius 1 is 1.19 bits per heavy atom. The number of anilines is 1. The highest BCUT2D eigenvalue weighted by Crippen LogP contribution is 2.25. The summed E-state index contributed by atoms with van der Waals surface area (Å²) < 4.78 is 23.8. The molecule has 0 radical (unpaired) electrons. The molecular formula is C19H17FN2O3S. The average Bonchev–Trinajstić information content (AvgIpc) is 3.11. The first-order valence-electron chi connectivity index (χ1n) is 7.88. The van der Waals surface area contributed by atoms with E-state index in [0.29, 0.717) is 22.3 Å². The van der Waals surface area contributed by atoms with E-state index in [-0.39, 0.29) is 11.7 Å². The average molecular weight is 372 g/mol. The molecule has 0 fully saturated rings. The summed E-state index contributed by atoms with van der Waals surface area (Å²) in [5.74, 6) is 0.575. The molecule has 1 atom stereocenters. The van der Waals surface area contributed by atoms with E-state index < -0.39 is 6.10 Å². The molecule has 5 nitrogen and oxygen atoms in total. The Hall–Kier alpha value is -2.93. The van der Waals surface area contributed by atoms with E-state index in [4.69, 9.17) is 9.47 Å². The molecule has 1 amide bonds. The van der Waals surface area contributed by atoms with Gasteiger partial charge in [-0.15, -0.1) is 11.3 Å². The van der Waals surface area contributed by atoms with Crippen molar-refractivity contribution in [3.63, 3.8) is 0 Å². The molecular weight excluding hydrogens is 355 g/mol. The lowest BCUT2D eigenvalue weighted by molar-refractivity contribution is -0.122. The maximum Gasteiger partial charge on any atom is 0.266 e. The van der Waals surface area contributed by atoms with Gasteiger partial charge in [0.1, 0.15) is 17.3 Å². The van der Waals surface area contributed by atoms with Crippen molar-refractivity contribution in [3.8, 4) is 22.8 Å². The van der Waals surface area contributed by atoms with Crippen molar-refractivity contribution in [1.29, 1.82) is 0 Å². The molecule has 1 unspecified atom stereocenters. The first-order chi connectivity index (χ1) is 12.5. The van der Waals surface area contributed by atoms with Crippen molar-refractivity contribution < 1.29 is 18.7 Å². The number of halogens is 1. The first kappa shape index (κ1) is 17.9. The smallest absolute Gasteiger partial charge is 0.266 e. The zero-order valence-corrected chi connectivity index (χ0v) is 15.0. The van der Waals surface area contributed by atoms with Crippen LogP contribution in [0.3, 0.4) is 0 Å². The van der Waals surface area contributed by atoms with Gasteiger partial charge in [-0.1, -0.05) is 6.07 Å². The van der Waals surface area contributed by atoms with Gasteiger partial charge in [0, 0.05) is 17.0 Å². The lowest BCUT2D eigenvalue weighted by Gasteiger charge is -2.14. The highest BCUT2D eigenvalue weighted by Gasteiger charge is 2.17. The van der Waals surface area contributed by atoms with E-state index in [1.807, 2.05) is 0 Å². The lowest BCUT2D eigenvalue weighted by atomic mass is 10.2. The molecule has 0 saturated carbocycles. The van der Waals surface area contributed by atoms with Crippen LogP contribution in [-0.4, -0.2) is 24.1 Å². The Balaban J connectivity index is 1.63. The highest BCUT2D eigenvalue weighted by molar-refractivity contribution is 7.14. The number of nitrogens with one attached hydrogen (secondary N) is 1. The third kappa shape index (κ3) is 4.37. The molecule has 134 valence electrons. The summed E-state index contributed by atoms with van der Waals surface area (Å²) in [5.41, 5.74) is 1.45. The molecule has 0 spiro atoms. The Morgan fingerprint density at radius 2 is 1.92 bits per heavy atom. The summed E-state index contributed by atoms with van der Waals surface area (Å²) in [7, 11) is 1.57. The number of ether oxygens (including phenoxy) is 2. The lowest BCUT2D eigenvalue weighted by Crippen LogP contribution is -2.30. The van der Waals surface area contributed by atoms with Crippen LogP contribution in [-0.2, 0) is 4.79 Å². The van der Waals surface area contributed by atoms with Crippen LogP contribution in [0.1, 0.15) is 6.92 Å². The third-order valence-electron chi connectivity index (χ3n) is 3.60. The molecule has 3 rings (SSSR count). The number of benzene rings is 2. The predicted molar refractivity (Wildman–Crippen MR) is 99.2 cm³/mol. The van der Waals surface area contributed by atoms with Gasteiger partial charge >= 0.3 is 0 Å². The number of aromatic nitrogens is 1. The van der Waals surface area contributed by atoms with Crippen LogP contribution in [0.4, 0.5) is 9.52 Å². The largest absolute Gasteiger partial charge is 0.497 e. The molecule has 0 bridgehead atoms. The van der Waals surface area contributed by atoms with E-state index in [1.165, 1.54) is 23.5 Å². The SMILES string of the molecule is COc1cccc(OC(C)C(=O)Nc2nc(-c3ccc(F)cc3)cs2)c1. The van der Waals surface area contributed by atoms with Gasteiger partial charge in [0.2, 0.25) is 0 Å². The minimum absolute atomic E-state index is 0.305. The van der Waals surface area contributed by atoms with Crippen LogP contribution in [0.5, 0.6) is 11.5 Å². The molecule has 3 aromatic rings. The first-order valence-corrected chi connectivity index (χ1v) is 8.76. The number of amides is 1. The van der Waals surface area contributed by atoms with E-state index in [0.717, 1.165) is 5.56 Å². The summed E-state index contributed by atoms with van der Waals surface area (Å²) in [4.78, 5) is 16.7. The van der Waals surface area contributed by atoms with E-state index in [1.54, 1.807) is 55.8 Å². The van der Waals surface area contributed by atoms with Gasteiger partial charge in [-0.25, -0.2) is 9.37 Å². The zero-order chi connectivity index (χ0) is 18.5. The van der Waals surface area contributed by atoms with Gasteiger partial charge < -0.3 is 9.47 Å². The van der Waals surface area contributed by atoms with Crippen molar-refractivity contribution in [3.05, 3.63) is 59.7 Å². The van der Waals surface area contributed by atoms with Crippen molar-refractivity contribution in [2.45, 2.75) is 13.0 Å². The number of carbonyl (C=O) groups excluding carboxylic acids is 1. The van der Waals surface area contributed by atoms with Crippen LogP contribution in [0, 0.1) is 5.82 Å². The highest BCUT2D eigenvalue weighted by atomic mass is 32.1. The molecule has 1 heterocycles. The fraction of sp³-hybridized carbons (Fsp3) is 0.158. The number of thiazole rings is 1. The number of carbonyl (C=O) groups is 1. The minimum atomic E-state index is -0.708. The van der Waals surface area contributed by atoms with Crippen LogP contribution in [0.15, 0.2) is 53.9 Å². The van der Waals surface area contributed by atoms with Gasteiger partial charge in [0.05, 0.1) is 12.8 Å². The number of nitrogens with zero attached hydrogens (tertiary/aromatic N) is 1. The molecule has 1 aromatic heterocycles. The maximum atomic E-state index is 13.0. The Kier molecular flexibility index (Phi) is 5.48. The van der Waals surface area contributed by atoms with Crippen LogP contribution >= 0.6 is 11.3 Å². The predicted octanol–water partition coefficient (Wildman–Crippen LogP) is 4.36. The molecule has 0 aliphatic heterocycles. The summed E-state index contributed by atoms with van der Waals surface area (Å²) >= 11 is 1.29. The number of methoxy groups -OCH3 is 1. The number of hydrogen-bond donors (Lipinski definition) is 1.